The summed E-state index contributed by atoms with van der Waals surface area (Å²) in [5.41, 5.74) is 1.57. The van der Waals surface area contributed by atoms with Crippen LogP contribution in [0.5, 0.6) is 5.88 Å². The Hall–Kier alpha value is -3.73. The highest BCUT2D eigenvalue weighted by atomic mass is 16.5. The maximum atomic E-state index is 12.5. The molecule has 8 nitrogen and oxygen atoms in total. The molecular formula is C18H14N6O2. The van der Waals surface area contributed by atoms with Gasteiger partial charge in [0.05, 0.1) is 36.6 Å². The van der Waals surface area contributed by atoms with E-state index in [9.17, 15) is 4.79 Å². The SMILES string of the molecule is N#Cc1ccnc(OC2CN(C(=O)c3cnn(-c4ccccc4)n3)C2)c1. The largest absolute Gasteiger partial charge is 0.471 e. The minimum absolute atomic E-state index is 0.149. The van der Waals surface area contributed by atoms with E-state index in [0.717, 1.165) is 5.69 Å². The second-order valence-electron chi connectivity index (χ2n) is 5.80. The molecule has 3 aromatic rings. The summed E-state index contributed by atoms with van der Waals surface area (Å²) < 4.78 is 5.69. The number of benzene rings is 1. The van der Waals surface area contributed by atoms with Crippen molar-refractivity contribution in [3.63, 3.8) is 0 Å². The molecule has 1 fully saturated rings. The van der Waals surface area contributed by atoms with Crippen molar-refractivity contribution in [3.05, 3.63) is 66.1 Å². The maximum Gasteiger partial charge on any atom is 0.276 e. The van der Waals surface area contributed by atoms with Gasteiger partial charge in [0.1, 0.15) is 6.10 Å². The number of para-hydroxylation sites is 1. The fraction of sp³-hybridized carbons (Fsp3) is 0.167. The van der Waals surface area contributed by atoms with Crippen LogP contribution in [0.4, 0.5) is 0 Å². The molecule has 128 valence electrons. The van der Waals surface area contributed by atoms with Crippen LogP contribution in [0.1, 0.15) is 16.1 Å². The molecule has 1 aliphatic heterocycles. The summed E-state index contributed by atoms with van der Waals surface area (Å²) in [4.78, 5) is 19.6. The van der Waals surface area contributed by atoms with Gasteiger partial charge in [-0.3, -0.25) is 4.79 Å². The molecule has 2 aromatic heterocycles. The first kappa shape index (κ1) is 15.8. The van der Waals surface area contributed by atoms with Gasteiger partial charge in [-0.15, -0.1) is 5.10 Å². The second-order valence-corrected chi connectivity index (χ2v) is 5.80. The molecule has 1 amide bonds. The zero-order chi connectivity index (χ0) is 17.9. The number of ether oxygens (including phenoxy) is 1. The molecule has 0 atom stereocenters. The predicted molar refractivity (Wildman–Crippen MR) is 90.6 cm³/mol. The molecule has 0 spiro atoms. The number of pyridine rings is 1. The lowest BCUT2D eigenvalue weighted by Crippen LogP contribution is -2.56. The van der Waals surface area contributed by atoms with Crippen molar-refractivity contribution in [2.75, 3.05) is 13.1 Å². The highest BCUT2D eigenvalue weighted by Crippen LogP contribution is 2.18. The molecule has 1 aliphatic rings. The minimum Gasteiger partial charge on any atom is -0.471 e. The van der Waals surface area contributed by atoms with Gasteiger partial charge in [0.25, 0.3) is 5.91 Å². The molecule has 0 N–H and O–H groups in total. The van der Waals surface area contributed by atoms with E-state index in [0.29, 0.717) is 24.5 Å². The van der Waals surface area contributed by atoms with Crippen LogP contribution in [0, 0.1) is 11.3 Å². The van der Waals surface area contributed by atoms with E-state index in [2.05, 4.69) is 15.2 Å². The standard InChI is InChI=1S/C18H14N6O2/c19-9-13-6-7-20-17(8-13)26-15-11-23(12-15)18(25)16-10-21-24(22-16)14-4-2-1-3-5-14/h1-8,10,15H,11-12H2. The molecule has 0 aliphatic carbocycles. The third kappa shape index (κ3) is 3.10. The van der Waals surface area contributed by atoms with Crippen molar-refractivity contribution in [1.82, 2.24) is 24.9 Å². The van der Waals surface area contributed by atoms with Crippen molar-refractivity contribution in [2.24, 2.45) is 0 Å². The van der Waals surface area contributed by atoms with Crippen molar-refractivity contribution >= 4 is 5.91 Å². The van der Waals surface area contributed by atoms with Crippen LogP contribution in [0.15, 0.2) is 54.9 Å². The lowest BCUT2D eigenvalue weighted by Gasteiger charge is -2.38. The number of nitriles is 1. The molecule has 8 heteroatoms. The Kier molecular flexibility index (Phi) is 4.03. The second kappa shape index (κ2) is 6.64. The van der Waals surface area contributed by atoms with Crippen molar-refractivity contribution < 1.29 is 9.53 Å². The van der Waals surface area contributed by atoms with Gasteiger partial charge in [-0.1, -0.05) is 18.2 Å². The van der Waals surface area contributed by atoms with Crippen LogP contribution in [-0.4, -0.2) is 50.0 Å². The number of carbonyl (C=O) groups is 1. The van der Waals surface area contributed by atoms with Gasteiger partial charge in [0.2, 0.25) is 5.88 Å². The van der Waals surface area contributed by atoms with Gasteiger partial charge >= 0.3 is 0 Å². The lowest BCUT2D eigenvalue weighted by molar-refractivity contribution is 0.0155. The smallest absolute Gasteiger partial charge is 0.276 e. The Bertz CT molecular complexity index is 973. The van der Waals surface area contributed by atoms with E-state index in [1.54, 1.807) is 17.0 Å². The van der Waals surface area contributed by atoms with E-state index in [4.69, 9.17) is 10.00 Å². The average molecular weight is 346 g/mol. The first-order chi connectivity index (χ1) is 12.7. The monoisotopic (exact) mass is 346 g/mol. The maximum absolute atomic E-state index is 12.5. The Morgan fingerprint density at radius 3 is 2.81 bits per heavy atom. The molecular weight excluding hydrogens is 332 g/mol. The van der Waals surface area contributed by atoms with Crippen molar-refractivity contribution in [2.45, 2.75) is 6.10 Å². The minimum atomic E-state index is -0.189. The van der Waals surface area contributed by atoms with Crippen LogP contribution < -0.4 is 4.74 Å². The fourth-order valence-corrected chi connectivity index (χ4v) is 2.60. The molecule has 4 rings (SSSR count). The number of carbonyl (C=O) groups excluding carboxylic acids is 1. The van der Waals surface area contributed by atoms with E-state index >= 15 is 0 Å². The van der Waals surface area contributed by atoms with Crippen LogP contribution in [0.25, 0.3) is 5.69 Å². The molecule has 0 radical (unpaired) electrons. The van der Waals surface area contributed by atoms with Crippen molar-refractivity contribution in [3.8, 4) is 17.6 Å². The topological polar surface area (TPSA) is 96.9 Å². The zero-order valence-electron chi connectivity index (χ0n) is 13.7. The first-order valence-electron chi connectivity index (χ1n) is 8.03. The predicted octanol–water partition coefficient (Wildman–Crippen LogP) is 1.44. The summed E-state index contributed by atoms with van der Waals surface area (Å²) in [6.07, 6.45) is 2.84. The van der Waals surface area contributed by atoms with Crippen molar-refractivity contribution in [1.29, 1.82) is 5.26 Å². The first-order valence-corrected chi connectivity index (χ1v) is 8.03. The molecule has 1 saturated heterocycles. The third-order valence-electron chi connectivity index (χ3n) is 3.98. The third-order valence-corrected chi connectivity index (χ3v) is 3.98. The zero-order valence-corrected chi connectivity index (χ0v) is 13.7. The van der Waals surface area contributed by atoms with Crippen LogP contribution in [0.3, 0.4) is 0 Å². The summed E-state index contributed by atoms with van der Waals surface area (Å²) in [5.74, 6) is 0.196. The summed E-state index contributed by atoms with van der Waals surface area (Å²) in [5, 5.41) is 17.3. The number of rotatable bonds is 4. The number of aromatic nitrogens is 4. The molecule has 0 saturated carbocycles. The summed E-state index contributed by atoms with van der Waals surface area (Å²) in [7, 11) is 0. The van der Waals surface area contributed by atoms with Crippen LogP contribution in [0.2, 0.25) is 0 Å². The van der Waals surface area contributed by atoms with E-state index < -0.39 is 0 Å². The highest BCUT2D eigenvalue weighted by molar-refractivity contribution is 5.92. The normalized spacial score (nSPS) is 13.7. The van der Waals surface area contributed by atoms with Crippen LogP contribution >= 0.6 is 0 Å². The number of nitrogens with zero attached hydrogens (tertiary/aromatic N) is 6. The Labute approximate surface area is 149 Å². The molecule has 3 heterocycles. The number of amides is 1. The number of likely N-dealkylation sites (tertiary alicyclic amines) is 1. The van der Waals surface area contributed by atoms with E-state index in [1.165, 1.54) is 17.2 Å². The molecule has 1 aromatic carbocycles. The summed E-state index contributed by atoms with van der Waals surface area (Å²) in [6.45, 7) is 0.880. The van der Waals surface area contributed by atoms with Crippen LogP contribution in [-0.2, 0) is 0 Å². The van der Waals surface area contributed by atoms with Gasteiger partial charge in [-0.25, -0.2) is 4.98 Å². The quantitative estimate of drug-likeness (QED) is 0.709. The average Bonchev–Trinajstić information content (AvgIpc) is 3.15. The molecule has 0 unspecified atom stereocenters. The Morgan fingerprint density at radius 1 is 1.23 bits per heavy atom. The Morgan fingerprint density at radius 2 is 2.04 bits per heavy atom. The summed E-state index contributed by atoms with van der Waals surface area (Å²) in [6, 6.07) is 14.6. The van der Waals surface area contributed by atoms with Gasteiger partial charge in [0, 0.05) is 12.3 Å². The molecule has 0 bridgehead atoms. The van der Waals surface area contributed by atoms with E-state index in [1.807, 2.05) is 36.4 Å². The number of hydrogen-bond donors (Lipinski definition) is 0. The fourth-order valence-electron chi connectivity index (χ4n) is 2.60. The summed E-state index contributed by atoms with van der Waals surface area (Å²) >= 11 is 0. The van der Waals surface area contributed by atoms with E-state index in [-0.39, 0.29) is 17.7 Å². The van der Waals surface area contributed by atoms with Gasteiger partial charge in [-0.05, 0) is 18.2 Å². The van der Waals surface area contributed by atoms with Gasteiger partial charge in [-0.2, -0.15) is 15.2 Å². The molecule has 26 heavy (non-hydrogen) atoms. The highest BCUT2D eigenvalue weighted by Gasteiger charge is 2.34. The lowest BCUT2D eigenvalue weighted by atomic mass is 10.1. The van der Waals surface area contributed by atoms with Gasteiger partial charge < -0.3 is 9.64 Å². The number of hydrogen-bond acceptors (Lipinski definition) is 6. The Balaban J connectivity index is 1.36. The van der Waals surface area contributed by atoms with Gasteiger partial charge in [0.15, 0.2) is 5.69 Å².